The van der Waals surface area contributed by atoms with E-state index in [0.717, 1.165) is 54.9 Å². The third kappa shape index (κ3) is 3.94. The van der Waals surface area contributed by atoms with E-state index < -0.39 is 12.1 Å². The lowest BCUT2D eigenvalue weighted by Gasteiger charge is -2.18. The summed E-state index contributed by atoms with van der Waals surface area (Å²) in [4.78, 5) is 0. The van der Waals surface area contributed by atoms with Crippen molar-refractivity contribution in [3.8, 4) is 22.3 Å². The quantitative estimate of drug-likeness (QED) is 0.193. The highest BCUT2D eigenvalue weighted by atomic mass is 16.3. The Bertz CT molecular complexity index is 2800. The second-order valence-corrected chi connectivity index (χ2v) is 11.2. The van der Waals surface area contributed by atoms with Crippen LogP contribution in [0.25, 0.3) is 76.5 Å². The Morgan fingerprint density at radius 3 is 1.86 bits per heavy atom. The molecule has 0 aliphatic heterocycles. The largest absolute Gasteiger partial charge is 0.456 e. The molecule has 9 rings (SSSR count). The van der Waals surface area contributed by atoms with Crippen molar-refractivity contribution in [3.63, 3.8) is 0 Å². The highest BCUT2D eigenvalue weighted by Crippen LogP contribution is 2.42. The fraction of sp³-hybridized carbons (Fsp3) is 0.0233. The van der Waals surface area contributed by atoms with Gasteiger partial charge >= 0.3 is 0 Å². The van der Waals surface area contributed by atoms with Gasteiger partial charge in [0, 0.05) is 10.8 Å². The first kappa shape index (κ1) is 19.5. The number of hydrogen-bond donors (Lipinski definition) is 0. The van der Waals surface area contributed by atoms with Crippen molar-refractivity contribution in [1.29, 1.82) is 0 Å². The van der Waals surface area contributed by atoms with Crippen LogP contribution < -0.4 is 0 Å². The first-order chi connectivity index (χ1) is 24.3. The van der Waals surface area contributed by atoms with Gasteiger partial charge in [0.15, 0.2) is 0 Å². The maximum atomic E-state index is 9.28. The van der Waals surface area contributed by atoms with E-state index in [9.17, 15) is 1.37 Å². The topological polar surface area (TPSA) is 13.1 Å². The lowest BCUT2D eigenvalue weighted by Crippen LogP contribution is -1.96. The molecular formula is C43H28O. The van der Waals surface area contributed by atoms with E-state index in [2.05, 4.69) is 97.1 Å². The monoisotopic (exact) mass is 566 g/mol. The highest BCUT2D eigenvalue weighted by molar-refractivity contribution is 6.16. The first-order valence-corrected chi connectivity index (χ1v) is 14.7. The Hall–Kier alpha value is -5.66. The molecule has 0 amide bonds. The summed E-state index contributed by atoms with van der Waals surface area (Å²) in [7, 11) is 0. The molecule has 44 heavy (non-hydrogen) atoms. The summed E-state index contributed by atoms with van der Waals surface area (Å²) in [5.74, 6) is 0. The van der Waals surface area contributed by atoms with Gasteiger partial charge in [-0.1, -0.05) is 133 Å². The molecule has 0 bridgehead atoms. The second kappa shape index (κ2) is 9.97. The van der Waals surface area contributed by atoms with Gasteiger partial charge in [-0.15, -0.1) is 0 Å². The van der Waals surface area contributed by atoms with Crippen molar-refractivity contribution in [3.05, 3.63) is 169 Å². The number of rotatable bonds is 4. The van der Waals surface area contributed by atoms with Gasteiger partial charge in [0.1, 0.15) is 11.2 Å². The number of fused-ring (bicyclic) bond motifs is 6. The van der Waals surface area contributed by atoms with Crippen LogP contribution in [0.15, 0.2) is 162 Å². The van der Waals surface area contributed by atoms with Crippen LogP contribution in [-0.2, 0) is 6.42 Å². The molecule has 0 N–H and O–H groups in total. The lowest BCUT2D eigenvalue weighted by molar-refractivity contribution is 0.669. The average Bonchev–Trinajstić information content (AvgIpc) is 3.56. The molecule has 1 heterocycles. The second-order valence-electron chi connectivity index (χ2n) is 11.2. The van der Waals surface area contributed by atoms with E-state index in [-0.39, 0.29) is 40.5 Å². The van der Waals surface area contributed by atoms with E-state index in [0.29, 0.717) is 22.8 Å². The SMILES string of the molecule is [2H]c1c([2H])c([2H])c2c([2H])c3c(oc4cccc(Cc5c6ccccc6c(-c6cccc(-c7ccccc7)c6)c6ccccc56)c43)c([2H])c2c1[2H]. The zero-order chi connectivity index (χ0) is 34.3. The van der Waals surface area contributed by atoms with Gasteiger partial charge in [-0.2, -0.15) is 0 Å². The van der Waals surface area contributed by atoms with Crippen molar-refractivity contribution in [2.45, 2.75) is 6.42 Å². The molecular weight excluding hydrogens is 532 g/mol. The zero-order valence-corrected chi connectivity index (χ0v) is 23.7. The normalized spacial score (nSPS) is 13.6. The molecule has 0 spiro atoms. The smallest absolute Gasteiger partial charge is 0.136 e. The Labute approximate surface area is 264 Å². The predicted octanol–water partition coefficient (Wildman–Crippen LogP) is 12.0. The molecule has 0 aliphatic rings. The fourth-order valence-electron chi connectivity index (χ4n) is 6.71. The molecule has 8 aromatic carbocycles. The van der Waals surface area contributed by atoms with E-state index in [4.69, 9.17) is 11.3 Å². The summed E-state index contributed by atoms with van der Waals surface area (Å²) in [5.41, 5.74) is 7.30. The minimum atomic E-state index is -0.430. The molecule has 1 nitrogen and oxygen atoms in total. The van der Waals surface area contributed by atoms with E-state index in [1.165, 1.54) is 0 Å². The fourth-order valence-corrected chi connectivity index (χ4v) is 6.71. The first-order valence-electron chi connectivity index (χ1n) is 17.7. The van der Waals surface area contributed by atoms with Gasteiger partial charge in [-0.3, -0.25) is 0 Å². The van der Waals surface area contributed by atoms with Crippen molar-refractivity contribution >= 4 is 54.3 Å². The van der Waals surface area contributed by atoms with Crippen LogP contribution in [0, 0.1) is 0 Å². The van der Waals surface area contributed by atoms with E-state index in [1.807, 2.05) is 24.3 Å². The van der Waals surface area contributed by atoms with Crippen LogP contribution in [0.5, 0.6) is 0 Å². The van der Waals surface area contributed by atoms with Gasteiger partial charge < -0.3 is 4.42 Å². The minimum Gasteiger partial charge on any atom is -0.456 e. The summed E-state index contributed by atoms with van der Waals surface area (Å²) < 4.78 is 58.2. The molecule has 0 saturated carbocycles. The summed E-state index contributed by atoms with van der Waals surface area (Å²) in [6.45, 7) is 0. The molecule has 1 heteroatoms. The Morgan fingerprint density at radius 1 is 0.500 bits per heavy atom. The molecule has 0 saturated heterocycles. The van der Waals surface area contributed by atoms with Crippen LogP contribution >= 0.6 is 0 Å². The van der Waals surface area contributed by atoms with Gasteiger partial charge in [0.2, 0.25) is 0 Å². The predicted molar refractivity (Wildman–Crippen MR) is 186 cm³/mol. The van der Waals surface area contributed by atoms with E-state index >= 15 is 0 Å². The Balaban J connectivity index is 1.31. The Morgan fingerprint density at radius 2 is 1.11 bits per heavy atom. The van der Waals surface area contributed by atoms with Gasteiger partial charge in [-0.05, 0) is 96.3 Å². The number of benzene rings is 8. The number of furan rings is 1. The van der Waals surface area contributed by atoms with Crippen LogP contribution in [-0.4, -0.2) is 0 Å². The van der Waals surface area contributed by atoms with Crippen molar-refractivity contribution in [2.24, 2.45) is 0 Å². The molecule has 0 aliphatic carbocycles. The maximum absolute atomic E-state index is 9.28. The van der Waals surface area contributed by atoms with Crippen LogP contribution in [0.1, 0.15) is 19.4 Å². The third-order valence-electron chi connectivity index (χ3n) is 8.65. The molecule has 0 fully saturated rings. The molecule has 0 radical (unpaired) electrons. The molecule has 9 aromatic rings. The molecule has 206 valence electrons. The lowest BCUT2D eigenvalue weighted by atomic mass is 9.85. The zero-order valence-electron chi connectivity index (χ0n) is 29.7. The molecule has 0 unspecified atom stereocenters. The van der Waals surface area contributed by atoms with Crippen molar-refractivity contribution < 1.29 is 12.6 Å². The Kier molecular flexibility index (Phi) is 4.42. The standard InChI is InChI=1S/C43H28O/c1-2-12-28(13-3-1)29-16-10-17-32(24-29)42-36-21-8-6-19-34(36)38(35-20-7-9-22-37(35)42)26-33-18-11-23-40-43(33)39-25-30-14-4-5-15-31(30)27-41(39)44-40/h1-25,27H,26H2/i4D,5D,14D,15D,25D,27D. The third-order valence-corrected chi connectivity index (χ3v) is 8.65. The van der Waals surface area contributed by atoms with Gasteiger partial charge in [0.05, 0.1) is 8.22 Å². The van der Waals surface area contributed by atoms with Crippen LogP contribution in [0.4, 0.5) is 0 Å². The summed E-state index contributed by atoms with van der Waals surface area (Å²) in [5, 5.41) is 5.59. The summed E-state index contributed by atoms with van der Waals surface area (Å²) in [6.07, 6.45) is 0.509. The van der Waals surface area contributed by atoms with Crippen molar-refractivity contribution in [1.82, 2.24) is 0 Å². The molecule has 1 aromatic heterocycles. The van der Waals surface area contributed by atoms with E-state index in [1.54, 1.807) is 0 Å². The van der Waals surface area contributed by atoms with Crippen LogP contribution in [0.3, 0.4) is 0 Å². The van der Waals surface area contributed by atoms with Gasteiger partial charge in [0.25, 0.3) is 0 Å². The minimum absolute atomic E-state index is 0.00184. The average molecular weight is 567 g/mol. The highest BCUT2D eigenvalue weighted by Gasteiger charge is 2.18. The summed E-state index contributed by atoms with van der Waals surface area (Å²) >= 11 is 0. The van der Waals surface area contributed by atoms with Gasteiger partial charge in [-0.25, -0.2) is 0 Å². The van der Waals surface area contributed by atoms with Crippen LogP contribution in [0.2, 0.25) is 0 Å². The van der Waals surface area contributed by atoms with Crippen molar-refractivity contribution in [2.75, 3.05) is 0 Å². The number of hydrogen-bond acceptors (Lipinski definition) is 1. The summed E-state index contributed by atoms with van der Waals surface area (Å²) in [6, 6.07) is 40.1. The molecule has 0 atom stereocenters. The maximum Gasteiger partial charge on any atom is 0.136 e.